The highest BCUT2D eigenvalue weighted by Gasteiger charge is 2.42. The van der Waals surface area contributed by atoms with Crippen LogP contribution in [-0.4, -0.2) is 24.4 Å². The van der Waals surface area contributed by atoms with Gasteiger partial charge in [-0.1, -0.05) is 15.9 Å². The van der Waals surface area contributed by atoms with Gasteiger partial charge in [-0.3, -0.25) is 0 Å². The summed E-state index contributed by atoms with van der Waals surface area (Å²) in [5, 5.41) is -0.299. The van der Waals surface area contributed by atoms with E-state index in [0.717, 1.165) is 7.11 Å². The summed E-state index contributed by atoms with van der Waals surface area (Å²) in [5.41, 5.74) is -2.88. The highest BCUT2D eigenvalue weighted by atomic mass is 79.9. The minimum Gasteiger partial charge on any atom is -0.465 e. The summed E-state index contributed by atoms with van der Waals surface area (Å²) >= 11 is 2.79. The third-order valence-corrected chi connectivity index (χ3v) is 2.62. The number of rotatable bonds is 3. The molecule has 0 unspecified atom stereocenters. The van der Waals surface area contributed by atoms with E-state index in [1.807, 2.05) is 0 Å². The zero-order valence-corrected chi connectivity index (χ0v) is 11.7. The minimum absolute atomic E-state index is 0.297. The molecule has 4 nitrogen and oxygen atoms in total. The molecule has 0 fully saturated rings. The predicted molar refractivity (Wildman–Crippen MR) is 59.9 cm³/mol. The van der Waals surface area contributed by atoms with Crippen LogP contribution in [0.4, 0.5) is 26.3 Å². The van der Waals surface area contributed by atoms with E-state index in [1.165, 1.54) is 0 Å². The number of hydrogen-bond donors (Lipinski definition) is 0. The third-order valence-electron chi connectivity index (χ3n) is 2.09. The number of methoxy groups -OCH3 is 1. The number of ether oxygens (including phenoxy) is 2. The number of halogens is 7. The Balaban J connectivity index is 3.53. The summed E-state index contributed by atoms with van der Waals surface area (Å²) in [6.45, 7) is 0. The molecule has 1 heterocycles. The molecular weight excluding hydrogens is 376 g/mol. The van der Waals surface area contributed by atoms with Gasteiger partial charge in [0.2, 0.25) is 0 Å². The van der Waals surface area contributed by atoms with Crippen molar-refractivity contribution in [2.45, 2.75) is 17.9 Å². The lowest BCUT2D eigenvalue weighted by Crippen LogP contribution is -2.22. The highest BCUT2D eigenvalue weighted by Crippen LogP contribution is 2.38. The van der Waals surface area contributed by atoms with Crippen LogP contribution in [-0.2, 0) is 16.2 Å². The lowest BCUT2D eigenvalue weighted by atomic mass is 10.1. The van der Waals surface area contributed by atoms with Crippen molar-refractivity contribution >= 4 is 21.9 Å². The van der Waals surface area contributed by atoms with Crippen LogP contribution < -0.4 is 4.74 Å². The third kappa shape index (κ3) is 4.48. The Labute approximate surface area is 122 Å². The molecule has 0 spiro atoms. The van der Waals surface area contributed by atoms with Gasteiger partial charge < -0.3 is 9.47 Å². The molecule has 0 saturated heterocycles. The summed E-state index contributed by atoms with van der Waals surface area (Å²) < 4.78 is 82.2. The Hall–Kier alpha value is -1.52. The lowest BCUT2D eigenvalue weighted by Gasteiger charge is -2.17. The van der Waals surface area contributed by atoms with Crippen molar-refractivity contribution < 1.29 is 40.6 Å². The lowest BCUT2D eigenvalue weighted by molar-refractivity contribution is -0.276. The first kappa shape index (κ1) is 17.5. The predicted octanol–water partition coefficient (Wildman–Crippen LogP) is 3.68. The second-order valence-electron chi connectivity index (χ2n) is 3.50. The van der Waals surface area contributed by atoms with Gasteiger partial charge in [0.05, 0.1) is 18.4 Å². The zero-order valence-electron chi connectivity index (χ0n) is 10.1. The number of carbonyl (C=O) groups excluding carboxylic acids is 1. The molecule has 0 aromatic carbocycles. The standard InChI is InChI=1S/C10H6BrF6NO3/c1-20-8(19)4-2-6(21-10(15,16)17)7(9(12,13)14)18-5(4)3-11/h2H,3H2,1H3. The number of esters is 1. The van der Waals surface area contributed by atoms with E-state index in [0.29, 0.717) is 6.07 Å². The van der Waals surface area contributed by atoms with Crippen LogP contribution in [0.15, 0.2) is 6.07 Å². The monoisotopic (exact) mass is 381 g/mol. The largest absolute Gasteiger partial charge is 0.573 e. The van der Waals surface area contributed by atoms with Gasteiger partial charge in [-0.25, -0.2) is 9.78 Å². The number of alkyl halides is 7. The van der Waals surface area contributed by atoms with Crippen LogP contribution in [0, 0.1) is 0 Å². The summed E-state index contributed by atoms with van der Waals surface area (Å²) in [6, 6.07) is 0.297. The van der Waals surface area contributed by atoms with Gasteiger partial charge in [-0.05, 0) is 6.07 Å². The maximum Gasteiger partial charge on any atom is 0.573 e. The second-order valence-corrected chi connectivity index (χ2v) is 4.06. The topological polar surface area (TPSA) is 48.4 Å². The van der Waals surface area contributed by atoms with E-state index in [-0.39, 0.29) is 5.33 Å². The first-order chi connectivity index (χ1) is 9.49. The fourth-order valence-electron chi connectivity index (χ4n) is 1.33. The Morgan fingerprint density at radius 3 is 2.24 bits per heavy atom. The molecule has 118 valence electrons. The molecule has 11 heteroatoms. The molecule has 1 aromatic heterocycles. The van der Waals surface area contributed by atoms with Crippen molar-refractivity contribution in [1.82, 2.24) is 4.98 Å². The Kier molecular flexibility index (Phi) is 5.07. The van der Waals surface area contributed by atoms with Gasteiger partial charge in [-0.2, -0.15) is 13.2 Å². The molecule has 0 aliphatic rings. The molecule has 0 atom stereocenters. The van der Waals surface area contributed by atoms with Gasteiger partial charge in [0.15, 0.2) is 11.4 Å². The van der Waals surface area contributed by atoms with Crippen LogP contribution in [0.25, 0.3) is 0 Å². The van der Waals surface area contributed by atoms with Crippen molar-refractivity contribution in [3.8, 4) is 5.75 Å². The maximum absolute atomic E-state index is 12.7. The molecule has 1 aromatic rings. The molecule has 0 amide bonds. The quantitative estimate of drug-likeness (QED) is 0.455. The van der Waals surface area contributed by atoms with Crippen LogP contribution >= 0.6 is 15.9 Å². The van der Waals surface area contributed by atoms with Gasteiger partial charge in [-0.15, -0.1) is 13.2 Å². The summed E-state index contributed by atoms with van der Waals surface area (Å²) in [7, 11) is 0.919. The Bertz CT molecular complexity index is 543. The minimum atomic E-state index is -5.37. The van der Waals surface area contributed by atoms with Crippen molar-refractivity contribution in [1.29, 1.82) is 0 Å². The molecule has 1 rings (SSSR count). The van der Waals surface area contributed by atoms with E-state index in [2.05, 4.69) is 30.4 Å². The number of aromatic nitrogens is 1. The summed E-state index contributed by atoms with van der Waals surface area (Å²) in [5.74, 6) is -2.77. The van der Waals surface area contributed by atoms with Crippen molar-refractivity contribution in [2.24, 2.45) is 0 Å². The van der Waals surface area contributed by atoms with Crippen molar-refractivity contribution in [3.63, 3.8) is 0 Å². The average Bonchev–Trinajstić information content (AvgIpc) is 2.34. The summed E-state index contributed by atoms with van der Waals surface area (Å²) in [6.07, 6.45) is -10.6. The van der Waals surface area contributed by atoms with E-state index in [4.69, 9.17) is 0 Å². The Morgan fingerprint density at radius 2 is 1.86 bits per heavy atom. The van der Waals surface area contributed by atoms with Crippen LogP contribution in [0.3, 0.4) is 0 Å². The SMILES string of the molecule is COC(=O)c1cc(OC(F)(F)F)c(C(F)(F)F)nc1CBr. The molecule has 0 saturated carbocycles. The molecule has 0 bridgehead atoms. The number of carbonyl (C=O) groups is 1. The number of nitrogens with zero attached hydrogens (tertiary/aromatic N) is 1. The smallest absolute Gasteiger partial charge is 0.465 e. The first-order valence-electron chi connectivity index (χ1n) is 5.00. The summed E-state index contributed by atoms with van der Waals surface area (Å²) in [4.78, 5) is 14.4. The van der Waals surface area contributed by atoms with E-state index in [1.54, 1.807) is 0 Å². The van der Waals surface area contributed by atoms with Gasteiger partial charge >= 0.3 is 18.5 Å². The van der Waals surface area contributed by atoms with Gasteiger partial charge in [0, 0.05) is 5.33 Å². The van der Waals surface area contributed by atoms with Crippen LogP contribution in [0.5, 0.6) is 5.75 Å². The van der Waals surface area contributed by atoms with Crippen LogP contribution in [0.1, 0.15) is 21.7 Å². The first-order valence-corrected chi connectivity index (χ1v) is 6.13. The molecule has 0 radical (unpaired) electrons. The van der Waals surface area contributed by atoms with Crippen LogP contribution in [0.2, 0.25) is 0 Å². The fraction of sp³-hybridized carbons (Fsp3) is 0.400. The highest BCUT2D eigenvalue weighted by molar-refractivity contribution is 9.08. The van der Waals surface area contributed by atoms with E-state index in [9.17, 15) is 31.1 Å². The molecule has 0 aliphatic heterocycles. The van der Waals surface area contributed by atoms with Gasteiger partial charge in [0.1, 0.15) is 0 Å². The molecule has 0 aliphatic carbocycles. The zero-order chi connectivity index (χ0) is 16.4. The number of hydrogen-bond acceptors (Lipinski definition) is 4. The maximum atomic E-state index is 12.7. The molecule has 21 heavy (non-hydrogen) atoms. The average molecular weight is 382 g/mol. The van der Waals surface area contributed by atoms with Crippen molar-refractivity contribution in [2.75, 3.05) is 7.11 Å². The fourth-order valence-corrected chi connectivity index (χ4v) is 1.75. The van der Waals surface area contributed by atoms with E-state index < -0.39 is 41.2 Å². The van der Waals surface area contributed by atoms with E-state index >= 15 is 0 Å². The number of pyridine rings is 1. The molecular formula is C10H6BrF6NO3. The Morgan fingerprint density at radius 1 is 1.29 bits per heavy atom. The van der Waals surface area contributed by atoms with Gasteiger partial charge in [0.25, 0.3) is 0 Å². The molecule has 0 N–H and O–H groups in total. The normalized spacial score (nSPS) is 12.2. The van der Waals surface area contributed by atoms with Crippen molar-refractivity contribution in [3.05, 3.63) is 23.0 Å². The second kappa shape index (κ2) is 6.08.